The molecule has 148 valence electrons. The van der Waals surface area contributed by atoms with Crippen LogP contribution in [-0.2, 0) is 18.3 Å². The van der Waals surface area contributed by atoms with Gasteiger partial charge < -0.3 is 9.88 Å². The van der Waals surface area contributed by atoms with Crippen LogP contribution in [0.4, 0.5) is 0 Å². The summed E-state index contributed by atoms with van der Waals surface area (Å²) in [6.45, 7) is 6.73. The lowest BCUT2D eigenvalue weighted by Crippen LogP contribution is -2.28. The third-order valence-corrected chi connectivity index (χ3v) is 5.30. The van der Waals surface area contributed by atoms with Crippen molar-refractivity contribution in [1.82, 2.24) is 19.5 Å². The number of hydrogen-bond donors (Lipinski definition) is 1. The fourth-order valence-corrected chi connectivity index (χ4v) is 3.43. The second-order valence-electron chi connectivity index (χ2n) is 7.25. The van der Waals surface area contributed by atoms with E-state index in [4.69, 9.17) is 0 Å². The van der Waals surface area contributed by atoms with Crippen molar-refractivity contribution in [3.8, 4) is 11.3 Å². The molecule has 0 fully saturated rings. The first-order valence-electron chi connectivity index (χ1n) is 9.85. The highest BCUT2D eigenvalue weighted by Crippen LogP contribution is 2.23. The number of nitrogens with zero attached hydrogens (tertiary/aromatic N) is 3. The smallest absolute Gasteiger partial charge is 0.277 e. The van der Waals surface area contributed by atoms with Crippen molar-refractivity contribution in [2.24, 2.45) is 7.05 Å². The molecule has 0 unspecified atom stereocenters. The minimum absolute atomic E-state index is 0.0175. The Hall–Kier alpha value is -2.89. The van der Waals surface area contributed by atoms with Crippen molar-refractivity contribution >= 4 is 11.6 Å². The summed E-state index contributed by atoms with van der Waals surface area (Å²) < 4.78 is 3.43. The number of aromatic nitrogens is 3. The molecule has 2 heterocycles. The van der Waals surface area contributed by atoms with Gasteiger partial charge in [0.05, 0.1) is 5.69 Å². The molecule has 0 aliphatic rings. The highest BCUT2D eigenvalue weighted by Gasteiger charge is 2.17. The Morgan fingerprint density at radius 1 is 1.21 bits per heavy atom. The van der Waals surface area contributed by atoms with Crippen LogP contribution < -0.4 is 10.9 Å². The number of fused-ring (bicyclic) bond motifs is 1. The molecule has 1 aromatic carbocycles. The van der Waals surface area contributed by atoms with Crippen LogP contribution in [0, 0.1) is 13.8 Å². The van der Waals surface area contributed by atoms with Crippen molar-refractivity contribution in [1.29, 1.82) is 0 Å². The van der Waals surface area contributed by atoms with Gasteiger partial charge in [0.2, 0.25) is 5.91 Å². The molecule has 0 saturated heterocycles. The Bertz CT molecular complexity index is 1060. The number of carbonyl (C=O) groups is 1. The number of unbranched alkanes of at least 4 members (excludes halogenated alkanes) is 1. The van der Waals surface area contributed by atoms with E-state index >= 15 is 0 Å². The van der Waals surface area contributed by atoms with Crippen molar-refractivity contribution < 1.29 is 4.79 Å². The Balaban J connectivity index is 1.94. The van der Waals surface area contributed by atoms with Crippen LogP contribution in [-0.4, -0.2) is 26.6 Å². The van der Waals surface area contributed by atoms with Crippen LogP contribution in [0.2, 0.25) is 0 Å². The maximum absolute atomic E-state index is 13.1. The number of nitrogens with one attached hydrogen (secondary N) is 1. The van der Waals surface area contributed by atoms with Crippen LogP contribution in [0.25, 0.3) is 16.9 Å². The number of amides is 1. The first kappa shape index (κ1) is 19.9. The van der Waals surface area contributed by atoms with Crippen LogP contribution in [0.15, 0.2) is 35.1 Å². The zero-order valence-electron chi connectivity index (χ0n) is 17.1. The van der Waals surface area contributed by atoms with Crippen LogP contribution >= 0.6 is 0 Å². The van der Waals surface area contributed by atoms with Crippen molar-refractivity contribution in [3.05, 3.63) is 57.5 Å². The monoisotopic (exact) mass is 380 g/mol. The van der Waals surface area contributed by atoms with Crippen LogP contribution in [0.1, 0.15) is 43.0 Å². The molecule has 6 nitrogen and oxygen atoms in total. The van der Waals surface area contributed by atoms with E-state index in [1.54, 1.807) is 0 Å². The predicted octanol–water partition coefficient (Wildman–Crippen LogP) is 3.17. The van der Waals surface area contributed by atoms with E-state index in [2.05, 4.69) is 17.3 Å². The molecular weight excluding hydrogens is 352 g/mol. The van der Waals surface area contributed by atoms with E-state index in [0.29, 0.717) is 24.9 Å². The maximum atomic E-state index is 13.1. The standard InChI is InChI=1S/C22H28N4O2/c1-5-6-13-23-20(27)12-11-18-16(3)25(4)21-14-19(24-26(21)22(18)28)17-10-8-7-9-15(17)2/h7-10,14H,5-6,11-13H2,1-4H3,(H,23,27). The summed E-state index contributed by atoms with van der Waals surface area (Å²) in [4.78, 5) is 25.1. The molecule has 1 amide bonds. The lowest BCUT2D eigenvalue weighted by Gasteiger charge is -2.12. The van der Waals surface area contributed by atoms with Crippen LogP contribution in [0.3, 0.4) is 0 Å². The molecule has 0 aliphatic carbocycles. The quantitative estimate of drug-likeness (QED) is 0.640. The lowest BCUT2D eigenvalue weighted by molar-refractivity contribution is -0.121. The molecule has 0 atom stereocenters. The summed E-state index contributed by atoms with van der Waals surface area (Å²) in [7, 11) is 1.93. The van der Waals surface area contributed by atoms with Gasteiger partial charge in [-0.05, 0) is 32.3 Å². The third-order valence-electron chi connectivity index (χ3n) is 5.30. The van der Waals surface area contributed by atoms with Gasteiger partial charge in [0.25, 0.3) is 5.56 Å². The van der Waals surface area contributed by atoms with Crippen molar-refractivity contribution in [2.75, 3.05) is 6.54 Å². The average Bonchev–Trinajstić information content (AvgIpc) is 3.12. The fraction of sp³-hybridized carbons (Fsp3) is 0.409. The molecule has 28 heavy (non-hydrogen) atoms. The SMILES string of the molecule is CCCCNC(=O)CCc1c(C)n(C)c2cc(-c3ccccc3C)nn2c1=O. The molecule has 0 radical (unpaired) electrons. The summed E-state index contributed by atoms with van der Waals surface area (Å²) in [5.74, 6) is -0.0175. The fourth-order valence-electron chi connectivity index (χ4n) is 3.43. The molecule has 0 bridgehead atoms. The van der Waals surface area contributed by atoms with Gasteiger partial charge in [-0.3, -0.25) is 9.59 Å². The van der Waals surface area contributed by atoms with E-state index < -0.39 is 0 Å². The number of rotatable bonds is 7. The molecule has 0 saturated carbocycles. The third kappa shape index (κ3) is 3.86. The van der Waals surface area contributed by atoms with Gasteiger partial charge in [0.15, 0.2) is 0 Å². The van der Waals surface area contributed by atoms with Gasteiger partial charge >= 0.3 is 0 Å². The molecule has 3 rings (SSSR count). The summed E-state index contributed by atoms with van der Waals surface area (Å²) >= 11 is 0. The molecule has 0 spiro atoms. The molecule has 2 aromatic heterocycles. The highest BCUT2D eigenvalue weighted by molar-refractivity contribution is 5.76. The lowest BCUT2D eigenvalue weighted by atomic mass is 10.1. The molecule has 6 heteroatoms. The first-order valence-corrected chi connectivity index (χ1v) is 9.85. The second-order valence-corrected chi connectivity index (χ2v) is 7.25. The zero-order valence-corrected chi connectivity index (χ0v) is 17.1. The number of benzene rings is 1. The summed E-state index contributed by atoms with van der Waals surface area (Å²) in [5, 5.41) is 7.48. The summed E-state index contributed by atoms with van der Waals surface area (Å²) in [6.07, 6.45) is 2.72. The molecular formula is C22H28N4O2. The average molecular weight is 380 g/mol. The van der Waals surface area contributed by atoms with Gasteiger partial charge in [-0.2, -0.15) is 9.61 Å². The minimum atomic E-state index is -0.146. The van der Waals surface area contributed by atoms with Gasteiger partial charge in [0, 0.05) is 42.9 Å². The zero-order chi connectivity index (χ0) is 20.3. The van der Waals surface area contributed by atoms with E-state index in [1.807, 2.05) is 55.8 Å². The van der Waals surface area contributed by atoms with Crippen LogP contribution in [0.5, 0.6) is 0 Å². The maximum Gasteiger partial charge on any atom is 0.277 e. The second kappa shape index (κ2) is 8.42. The number of hydrogen-bond acceptors (Lipinski definition) is 3. The van der Waals surface area contributed by atoms with E-state index in [9.17, 15) is 9.59 Å². The van der Waals surface area contributed by atoms with E-state index in [0.717, 1.165) is 41.0 Å². The number of carbonyl (C=O) groups excluding carboxylic acids is 1. The minimum Gasteiger partial charge on any atom is -0.356 e. The Morgan fingerprint density at radius 2 is 1.96 bits per heavy atom. The largest absolute Gasteiger partial charge is 0.356 e. The van der Waals surface area contributed by atoms with Gasteiger partial charge in [-0.1, -0.05) is 37.6 Å². The molecule has 3 aromatic rings. The topological polar surface area (TPSA) is 68.4 Å². The normalized spacial score (nSPS) is 11.1. The first-order chi connectivity index (χ1) is 13.4. The predicted molar refractivity (Wildman–Crippen MR) is 112 cm³/mol. The van der Waals surface area contributed by atoms with Gasteiger partial charge in [-0.25, -0.2) is 0 Å². The van der Waals surface area contributed by atoms with E-state index in [-0.39, 0.29) is 11.5 Å². The van der Waals surface area contributed by atoms with E-state index in [1.165, 1.54) is 4.52 Å². The summed E-state index contributed by atoms with van der Waals surface area (Å²) in [5.41, 5.74) is 5.01. The Kier molecular flexibility index (Phi) is 5.97. The Labute approximate surface area is 165 Å². The van der Waals surface area contributed by atoms with Gasteiger partial charge in [0.1, 0.15) is 5.65 Å². The Morgan fingerprint density at radius 3 is 2.68 bits per heavy atom. The molecule has 0 aliphatic heterocycles. The van der Waals surface area contributed by atoms with Gasteiger partial charge in [-0.15, -0.1) is 0 Å². The highest BCUT2D eigenvalue weighted by atomic mass is 16.1. The number of aryl methyl sites for hydroxylation is 2. The van der Waals surface area contributed by atoms with Crippen molar-refractivity contribution in [3.63, 3.8) is 0 Å². The molecule has 1 N–H and O–H groups in total. The summed E-state index contributed by atoms with van der Waals surface area (Å²) in [6, 6.07) is 9.94. The van der Waals surface area contributed by atoms with Crippen molar-refractivity contribution in [2.45, 2.75) is 46.5 Å².